The maximum atomic E-state index is 11.5. The average molecular weight is 266 g/mol. The molecule has 0 heterocycles. The number of carboxylic acid groups (broad SMARTS) is 1. The zero-order valence-electron chi connectivity index (χ0n) is 11.3. The number of nitrogens with zero attached hydrogens (tertiary/aromatic N) is 1. The zero-order chi connectivity index (χ0) is 14.4. The van der Waals surface area contributed by atoms with Crippen LogP contribution in [-0.2, 0) is 14.3 Å². The van der Waals surface area contributed by atoms with Crippen LogP contribution in [0.3, 0.4) is 0 Å². The predicted octanol–water partition coefficient (Wildman–Crippen LogP) is 1.10. The van der Waals surface area contributed by atoms with E-state index in [4.69, 9.17) is 9.84 Å². The molecule has 0 radical (unpaired) electrons. The monoisotopic (exact) mass is 266 g/mol. The minimum atomic E-state index is -1.10. The predicted molar refractivity (Wildman–Crippen MR) is 72.6 cm³/mol. The van der Waals surface area contributed by atoms with Crippen LogP contribution in [-0.4, -0.2) is 44.3 Å². The van der Waals surface area contributed by atoms with E-state index < -0.39 is 12.6 Å². The van der Waals surface area contributed by atoms with E-state index in [1.54, 1.807) is 6.07 Å². The van der Waals surface area contributed by atoms with Gasteiger partial charge < -0.3 is 20.1 Å². The van der Waals surface area contributed by atoms with Crippen LogP contribution in [0, 0.1) is 6.92 Å². The second kappa shape index (κ2) is 6.75. The molecule has 0 saturated heterocycles. The number of hydrogen-bond acceptors (Lipinski definition) is 4. The molecule has 0 aliphatic rings. The number of rotatable bonds is 6. The maximum absolute atomic E-state index is 11.5. The Morgan fingerprint density at radius 2 is 2.00 bits per heavy atom. The van der Waals surface area contributed by atoms with Crippen LogP contribution in [0.15, 0.2) is 18.2 Å². The number of carboxylic acids is 1. The summed E-state index contributed by atoms with van der Waals surface area (Å²) in [5.74, 6) is -1.47. The van der Waals surface area contributed by atoms with Crippen molar-refractivity contribution in [1.29, 1.82) is 0 Å². The van der Waals surface area contributed by atoms with Gasteiger partial charge in [-0.3, -0.25) is 4.79 Å². The van der Waals surface area contributed by atoms with Crippen molar-refractivity contribution in [3.8, 4) is 0 Å². The smallest absolute Gasteiger partial charge is 0.329 e. The molecule has 104 valence electrons. The minimum absolute atomic E-state index is 0.277. The third-order valence-electron chi connectivity index (χ3n) is 2.46. The lowest BCUT2D eigenvalue weighted by Gasteiger charge is -2.15. The topological polar surface area (TPSA) is 78.9 Å². The Balaban J connectivity index is 2.57. The van der Waals surface area contributed by atoms with Crippen molar-refractivity contribution in [2.45, 2.75) is 6.92 Å². The van der Waals surface area contributed by atoms with Crippen molar-refractivity contribution in [2.75, 3.05) is 37.5 Å². The minimum Gasteiger partial charge on any atom is -0.480 e. The Hall–Kier alpha value is -2.08. The fourth-order valence-electron chi connectivity index (χ4n) is 1.48. The van der Waals surface area contributed by atoms with Gasteiger partial charge in [0.2, 0.25) is 5.91 Å². The van der Waals surface area contributed by atoms with Crippen LogP contribution in [0.2, 0.25) is 0 Å². The lowest BCUT2D eigenvalue weighted by atomic mass is 10.1. The number of carbonyl (C=O) groups excluding carboxylic acids is 1. The van der Waals surface area contributed by atoms with Crippen molar-refractivity contribution < 1.29 is 19.4 Å². The van der Waals surface area contributed by atoms with Crippen molar-refractivity contribution in [2.24, 2.45) is 0 Å². The van der Waals surface area contributed by atoms with Gasteiger partial charge in [0.25, 0.3) is 0 Å². The highest BCUT2D eigenvalue weighted by Gasteiger charge is 2.07. The van der Waals surface area contributed by atoms with E-state index in [9.17, 15) is 9.59 Å². The van der Waals surface area contributed by atoms with Gasteiger partial charge in [-0.25, -0.2) is 4.79 Å². The molecule has 19 heavy (non-hydrogen) atoms. The molecule has 1 aromatic rings. The quantitative estimate of drug-likeness (QED) is 0.806. The van der Waals surface area contributed by atoms with E-state index in [1.165, 1.54) is 0 Å². The molecule has 0 bridgehead atoms. The van der Waals surface area contributed by atoms with E-state index >= 15 is 0 Å². The summed E-state index contributed by atoms with van der Waals surface area (Å²) in [6.07, 6.45) is 0. The summed E-state index contributed by atoms with van der Waals surface area (Å²) in [5.41, 5.74) is 2.66. The summed E-state index contributed by atoms with van der Waals surface area (Å²) in [4.78, 5) is 23.7. The van der Waals surface area contributed by atoms with Crippen molar-refractivity contribution >= 4 is 23.3 Å². The number of ether oxygens (including phenoxy) is 1. The second-order valence-electron chi connectivity index (χ2n) is 4.33. The van der Waals surface area contributed by atoms with Crippen LogP contribution >= 0.6 is 0 Å². The Morgan fingerprint density at radius 1 is 1.32 bits per heavy atom. The molecule has 0 fully saturated rings. The molecule has 2 N–H and O–H groups in total. The molecule has 0 aliphatic carbocycles. The summed E-state index contributed by atoms with van der Waals surface area (Å²) in [6.45, 7) is 1.13. The lowest BCUT2D eigenvalue weighted by Crippen LogP contribution is -2.21. The number of nitrogens with one attached hydrogen (secondary N) is 1. The first kappa shape index (κ1) is 15.0. The maximum Gasteiger partial charge on any atom is 0.329 e. The lowest BCUT2D eigenvalue weighted by molar-refractivity contribution is -0.143. The highest BCUT2D eigenvalue weighted by Crippen LogP contribution is 2.21. The van der Waals surface area contributed by atoms with Gasteiger partial charge in [-0.1, -0.05) is 0 Å². The Bertz CT molecular complexity index is 472. The number of carbonyl (C=O) groups is 2. The molecule has 0 atom stereocenters. The highest BCUT2D eigenvalue weighted by molar-refractivity contribution is 5.92. The average Bonchev–Trinajstić information content (AvgIpc) is 2.31. The summed E-state index contributed by atoms with van der Waals surface area (Å²) in [5, 5.41) is 11.1. The first-order chi connectivity index (χ1) is 8.90. The largest absolute Gasteiger partial charge is 0.480 e. The van der Waals surface area contributed by atoms with Crippen LogP contribution in [0.25, 0.3) is 0 Å². The number of anilines is 2. The normalized spacial score (nSPS) is 10.1. The van der Waals surface area contributed by atoms with Gasteiger partial charge >= 0.3 is 5.97 Å². The third-order valence-corrected chi connectivity index (χ3v) is 2.46. The number of aryl methyl sites for hydroxylation is 1. The molecule has 6 nitrogen and oxygen atoms in total. The Labute approximate surface area is 112 Å². The van der Waals surface area contributed by atoms with Crippen LogP contribution in [0.4, 0.5) is 11.4 Å². The van der Waals surface area contributed by atoms with Gasteiger partial charge in [-0.05, 0) is 30.7 Å². The van der Waals surface area contributed by atoms with Crippen molar-refractivity contribution in [3.05, 3.63) is 23.8 Å². The van der Waals surface area contributed by atoms with E-state index in [0.29, 0.717) is 5.69 Å². The molecule has 0 saturated carbocycles. The summed E-state index contributed by atoms with van der Waals surface area (Å²) in [7, 11) is 3.87. The molecular weight excluding hydrogens is 248 g/mol. The molecule has 0 aliphatic heterocycles. The fraction of sp³-hybridized carbons (Fsp3) is 0.385. The van der Waals surface area contributed by atoms with E-state index in [-0.39, 0.29) is 12.5 Å². The first-order valence-corrected chi connectivity index (χ1v) is 5.77. The van der Waals surface area contributed by atoms with Crippen molar-refractivity contribution in [1.82, 2.24) is 0 Å². The molecular formula is C13H18N2O4. The molecule has 0 unspecified atom stereocenters. The van der Waals surface area contributed by atoms with Gasteiger partial charge in [0, 0.05) is 25.5 Å². The Morgan fingerprint density at radius 3 is 2.53 bits per heavy atom. The third kappa shape index (κ3) is 4.97. The Kier molecular flexibility index (Phi) is 5.32. The van der Waals surface area contributed by atoms with Crippen LogP contribution < -0.4 is 10.2 Å². The van der Waals surface area contributed by atoms with Crippen molar-refractivity contribution in [3.63, 3.8) is 0 Å². The van der Waals surface area contributed by atoms with Gasteiger partial charge in [-0.2, -0.15) is 0 Å². The van der Waals surface area contributed by atoms with E-state index in [1.807, 2.05) is 38.1 Å². The molecule has 0 aromatic heterocycles. The SMILES string of the molecule is Cc1cc(N(C)C)ccc1NC(=O)COCC(=O)O. The zero-order valence-corrected chi connectivity index (χ0v) is 11.3. The molecule has 0 spiro atoms. The summed E-state index contributed by atoms with van der Waals surface area (Å²) < 4.78 is 4.71. The molecule has 1 aromatic carbocycles. The van der Waals surface area contributed by atoms with Gasteiger partial charge in [0.05, 0.1) is 0 Å². The van der Waals surface area contributed by atoms with Crippen LogP contribution in [0.5, 0.6) is 0 Å². The van der Waals surface area contributed by atoms with Gasteiger partial charge in [0.1, 0.15) is 13.2 Å². The summed E-state index contributed by atoms with van der Waals surface area (Å²) >= 11 is 0. The van der Waals surface area contributed by atoms with Gasteiger partial charge in [-0.15, -0.1) is 0 Å². The summed E-state index contributed by atoms with van der Waals surface area (Å²) in [6, 6.07) is 5.65. The number of benzene rings is 1. The standard InChI is InChI=1S/C13H18N2O4/c1-9-6-10(15(2)3)4-5-11(9)14-12(16)7-19-8-13(17)18/h4-6H,7-8H2,1-3H3,(H,14,16)(H,17,18). The number of aliphatic carboxylic acids is 1. The molecule has 6 heteroatoms. The van der Waals surface area contributed by atoms with E-state index in [0.717, 1.165) is 11.3 Å². The number of amides is 1. The van der Waals surface area contributed by atoms with E-state index in [2.05, 4.69) is 5.32 Å². The second-order valence-corrected chi connectivity index (χ2v) is 4.33. The van der Waals surface area contributed by atoms with Gasteiger partial charge in [0.15, 0.2) is 0 Å². The fourth-order valence-corrected chi connectivity index (χ4v) is 1.48. The molecule has 1 amide bonds. The molecule has 1 rings (SSSR count). The van der Waals surface area contributed by atoms with Crippen LogP contribution in [0.1, 0.15) is 5.56 Å². The number of hydrogen-bond donors (Lipinski definition) is 2. The first-order valence-electron chi connectivity index (χ1n) is 5.77. The highest BCUT2D eigenvalue weighted by atomic mass is 16.5.